The summed E-state index contributed by atoms with van der Waals surface area (Å²) in [5.41, 5.74) is 1.99. The molecule has 1 N–H and O–H groups in total. The van der Waals surface area contributed by atoms with Crippen LogP contribution in [0.25, 0.3) is 0 Å². The molecule has 1 fully saturated rings. The van der Waals surface area contributed by atoms with Crippen LogP contribution < -0.4 is 5.32 Å². The summed E-state index contributed by atoms with van der Waals surface area (Å²) < 4.78 is 0. The number of hydrogen-bond donors (Lipinski definition) is 1. The van der Waals surface area contributed by atoms with Crippen LogP contribution in [0.4, 0.5) is 0 Å². The smallest absolute Gasteiger partial charge is 0.254 e. The number of benzene rings is 1. The third kappa shape index (κ3) is 3.74. The maximum Gasteiger partial charge on any atom is 0.254 e. The van der Waals surface area contributed by atoms with Gasteiger partial charge in [-0.15, -0.1) is 12.4 Å². The minimum atomic E-state index is 0. The number of carbonyl (C=O) groups is 1. The van der Waals surface area contributed by atoms with Crippen LogP contribution in [-0.2, 0) is 0 Å². The van der Waals surface area contributed by atoms with Crippen LogP contribution >= 0.6 is 12.4 Å². The quantitative estimate of drug-likeness (QED) is 0.930. The Balaban J connectivity index is 0.00000200. The molecule has 0 radical (unpaired) electrons. The summed E-state index contributed by atoms with van der Waals surface area (Å²) in [4.78, 5) is 14.6. The maximum absolute atomic E-state index is 12.7. The number of halogens is 1. The Kier molecular flexibility index (Phi) is 6.50. The van der Waals surface area contributed by atoms with Crippen molar-refractivity contribution in [3.63, 3.8) is 0 Å². The lowest BCUT2D eigenvalue weighted by Crippen LogP contribution is -2.46. The largest absolute Gasteiger partial charge is 0.337 e. The van der Waals surface area contributed by atoms with Gasteiger partial charge in [-0.25, -0.2) is 0 Å². The van der Waals surface area contributed by atoms with Crippen LogP contribution in [0.3, 0.4) is 0 Å². The Labute approximate surface area is 128 Å². The van der Waals surface area contributed by atoms with Crippen molar-refractivity contribution in [3.05, 3.63) is 35.4 Å². The second-order valence-electron chi connectivity index (χ2n) is 5.66. The van der Waals surface area contributed by atoms with E-state index in [1.54, 1.807) is 0 Å². The van der Waals surface area contributed by atoms with Gasteiger partial charge in [-0.3, -0.25) is 4.79 Å². The lowest BCUT2D eigenvalue weighted by molar-refractivity contribution is 0.0707. The maximum atomic E-state index is 12.7. The van der Waals surface area contributed by atoms with E-state index in [2.05, 4.69) is 25.2 Å². The van der Waals surface area contributed by atoms with E-state index in [0.29, 0.717) is 12.0 Å². The fourth-order valence-electron chi connectivity index (χ4n) is 2.72. The van der Waals surface area contributed by atoms with Gasteiger partial charge >= 0.3 is 0 Å². The lowest BCUT2D eigenvalue weighted by atomic mass is 9.95. The molecule has 1 saturated heterocycles. The van der Waals surface area contributed by atoms with Crippen LogP contribution in [-0.4, -0.2) is 37.0 Å². The van der Waals surface area contributed by atoms with Gasteiger partial charge in [0.05, 0.1) is 0 Å². The highest BCUT2D eigenvalue weighted by Gasteiger charge is 2.24. The molecule has 4 heteroatoms. The minimum Gasteiger partial charge on any atom is -0.337 e. The molecule has 3 nitrogen and oxygen atoms in total. The van der Waals surface area contributed by atoms with Gasteiger partial charge in [-0.2, -0.15) is 0 Å². The molecule has 1 amide bonds. The number of piperidine rings is 1. The van der Waals surface area contributed by atoms with E-state index >= 15 is 0 Å². The van der Waals surface area contributed by atoms with Crippen molar-refractivity contribution in [2.24, 2.45) is 0 Å². The van der Waals surface area contributed by atoms with E-state index in [9.17, 15) is 4.79 Å². The van der Waals surface area contributed by atoms with Crippen molar-refractivity contribution in [2.75, 3.05) is 20.1 Å². The van der Waals surface area contributed by atoms with Crippen molar-refractivity contribution in [1.29, 1.82) is 0 Å². The fraction of sp³-hybridized carbons (Fsp3) is 0.562. The second kappa shape index (κ2) is 7.65. The molecule has 0 aliphatic carbocycles. The topological polar surface area (TPSA) is 32.3 Å². The summed E-state index contributed by atoms with van der Waals surface area (Å²) in [5, 5.41) is 3.37. The Morgan fingerprint density at radius 1 is 1.35 bits per heavy atom. The second-order valence-corrected chi connectivity index (χ2v) is 5.66. The molecule has 1 atom stereocenters. The van der Waals surface area contributed by atoms with Crippen LogP contribution in [0.15, 0.2) is 24.3 Å². The van der Waals surface area contributed by atoms with Crippen molar-refractivity contribution in [3.8, 4) is 0 Å². The van der Waals surface area contributed by atoms with E-state index in [4.69, 9.17) is 0 Å². The molecule has 0 spiro atoms. The monoisotopic (exact) mass is 296 g/mol. The predicted molar refractivity (Wildman–Crippen MR) is 85.8 cm³/mol. The summed E-state index contributed by atoms with van der Waals surface area (Å²) in [7, 11) is 1.93. The van der Waals surface area contributed by atoms with Gasteiger partial charge < -0.3 is 10.2 Å². The molecule has 1 aromatic rings. The molecule has 112 valence electrons. The molecule has 1 aliphatic heterocycles. The van der Waals surface area contributed by atoms with Crippen molar-refractivity contribution in [2.45, 2.75) is 38.6 Å². The summed E-state index contributed by atoms with van der Waals surface area (Å²) in [5.74, 6) is 0.524. The van der Waals surface area contributed by atoms with Gasteiger partial charge in [-0.05, 0) is 36.9 Å². The van der Waals surface area contributed by atoms with Gasteiger partial charge in [0.15, 0.2) is 0 Å². The van der Waals surface area contributed by atoms with E-state index in [1.165, 1.54) is 0 Å². The van der Waals surface area contributed by atoms with Gasteiger partial charge in [0, 0.05) is 25.2 Å². The van der Waals surface area contributed by atoms with Gasteiger partial charge in [0.1, 0.15) is 0 Å². The molecule has 1 unspecified atom stereocenters. The zero-order valence-corrected chi connectivity index (χ0v) is 13.4. The molecule has 0 bridgehead atoms. The van der Waals surface area contributed by atoms with Crippen LogP contribution in [0.1, 0.15) is 48.5 Å². The third-order valence-electron chi connectivity index (χ3n) is 3.95. The number of rotatable bonds is 3. The van der Waals surface area contributed by atoms with Gasteiger partial charge in [-0.1, -0.05) is 32.0 Å². The molecule has 20 heavy (non-hydrogen) atoms. The highest BCUT2D eigenvalue weighted by atomic mass is 35.5. The fourth-order valence-corrected chi connectivity index (χ4v) is 2.72. The van der Waals surface area contributed by atoms with Crippen LogP contribution in [0, 0.1) is 0 Å². The van der Waals surface area contributed by atoms with E-state index in [-0.39, 0.29) is 18.3 Å². The van der Waals surface area contributed by atoms with Crippen molar-refractivity contribution < 1.29 is 4.79 Å². The number of carbonyl (C=O) groups excluding carboxylic acids is 1. The third-order valence-corrected chi connectivity index (χ3v) is 3.95. The number of amides is 1. The van der Waals surface area contributed by atoms with Crippen LogP contribution in [0.2, 0.25) is 0 Å². The molecule has 1 aromatic carbocycles. The first-order valence-corrected chi connectivity index (χ1v) is 7.18. The van der Waals surface area contributed by atoms with Gasteiger partial charge in [0.2, 0.25) is 0 Å². The zero-order chi connectivity index (χ0) is 13.8. The van der Waals surface area contributed by atoms with Gasteiger partial charge in [0.25, 0.3) is 5.91 Å². The first-order chi connectivity index (χ1) is 9.11. The normalized spacial score (nSPS) is 18.5. The molecular formula is C16H25ClN2O. The Hall–Kier alpha value is -1.06. The van der Waals surface area contributed by atoms with E-state index in [1.807, 2.05) is 30.1 Å². The van der Waals surface area contributed by atoms with E-state index < -0.39 is 0 Å². The first kappa shape index (κ1) is 17.0. The Bertz CT molecular complexity index is 442. The molecule has 0 aromatic heterocycles. The SMILES string of the molecule is CC(C)c1ccccc1C(=O)N(C)C1CCCNC1.Cl. The van der Waals surface area contributed by atoms with E-state index in [0.717, 1.165) is 37.1 Å². The number of likely N-dealkylation sites (N-methyl/N-ethyl adjacent to an activating group) is 1. The summed E-state index contributed by atoms with van der Waals surface area (Å²) in [6.07, 6.45) is 2.24. The molecule has 1 aliphatic rings. The number of nitrogens with one attached hydrogen (secondary N) is 1. The lowest BCUT2D eigenvalue weighted by Gasteiger charge is -2.32. The minimum absolute atomic E-state index is 0. The summed E-state index contributed by atoms with van der Waals surface area (Å²) in [6.45, 7) is 6.25. The van der Waals surface area contributed by atoms with Crippen molar-refractivity contribution >= 4 is 18.3 Å². The van der Waals surface area contributed by atoms with Crippen LogP contribution in [0.5, 0.6) is 0 Å². The predicted octanol–water partition coefficient (Wildman–Crippen LogP) is 3.06. The highest BCUT2D eigenvalue weighted by molar-refractivity contribution is 5.96. The number of nitrogens with zero attached hydrogens (tertiary/aromatic N) is 1. The standard InChI is InChI=1S/C16H24N2O.ClH/c1-12(2)14-8-4-5-9-15(14)16(19)18(3)13-7-6-10-17-11-13;/h4-5,8-9,12-13,17H,6-7,10-11H2,1-3H3;1H. The number of hydrogen-bond acceptors (Lipinski definition) is 2. The van der Waals surface area contributed by atoms with Crippen molar-refractivity contribution in [1.82, 2.24) is 10.2 Å². The summed E-state index contributed by atoms with van der Waals surface area (Å²) >= 11 is 0. The Morgan fingerprint density at radius 3 is 2.65 bits per heavy atom. The molecule has 2 rings (SSSR count). The first-order valence-electron chi connectivity index (χ1n) is 7.18. The summed E-state index contributed by atoms with van der Waals surface area (Å²) in [6, 6.07) is 8.29. The molecular weight excluding hydrogens is 272 g/mol. The highest BCUT2D eigenvalue weighted by Crippen LogP contribution is 2.21. The average molecular weight is 297 g/mol. The Morgan fingerprint density at radius 2 is 2.05 bits per heavy atom. The molecule has 0 saturated carbocycles. The average Bonchev–Trinajstić information content (AvgIpc) is 2.46. The molecule has 1 heterocycles. The zero-order valence-electron chi connectivity index (χ0n) is 12.6.